The van der Waals surface area contributed by atoms with Crippen molar-refractivity contribution in [3.8, 4) is 0 Å². The highest BCUT2D eigenvalue weighted by molar-refractivity contribution is 8.00. The van der Waals surface area contributed by atoms with E-state index in [9.17, 15) is 29.6 Å². The van der Waals surface area contributed by atoms with Gasteiger partial charge >= 0.3 is 5.97 Å². The molecule has 2 amide bonds. The van der Waals surface area contributed by atoms with Gasteiger partial charge in [-0.15, -0.1) is 23.4 Å². The topological polar surface area (TPSA) is 130 Å². The SMILES string of the molecule is O=C(Cc1ccccc1)NC1C(=O)N2C(C(=O)O)=C(C=Cc3ccc(CCl)cc3[N+](=O)[O-])CS[C@H]12. The molecule has 11 heteroatoms. The number of amides is 2. The number of thioether (sulfide) groups is 1. The predicted octanol–water partition coefficient (Wildman–Crippen LogP) is 3.33. The third-order valence-electron chi connectivity index (χ3n) is 5.63. The number of hydrogen-bond donors (Lipinski definition) is 2. The molecule has 35 heavy (non-hydrogen) atoms. The van der Waals surface area contributed by atoms with Crippen LogP contribution in [0.1, 0.15) is 16.7 Å². The highest BCUT2D eigenvalue weighted by Gasteiger charge is 2.53. The highest BCUT2D eigenvalue weighted by atomic mass is 35.5. The number of hydrogen-bond acceptors (Lipinski definition) is 6. The summed E-state index contributed by atoms with van der Waals surface area (Å²) in [4.78, 5) is 49.3. The first-order valence-corrected chi connectivity index (χ1v) is 12.1. The lowest BCUT2D eigenvalue weighted by atomic mass is 10.0. The van der Waals surface area contributed by atoms with E-state index in [2.05, 4.69) is 5.32 Å². The Morgan fingerprint density at radius 2 is 1.94 bits per heavy atom. The van der Waals surface area contributed by atoms with E-state index in [1.54, 1.807) is 24.3 Å². The number of carboxylic acid groups (broad SMARTS) is 1. The average molecular weight is 514 g/mol. The predicted molar refractivity (Wildman–Crippen MR) is 132 cm³/mol. The first-order chi connectivity index (χ1) is 16.8. The second-order valence-corrected chi connectivity index (χ2v) is 9.29. The molecule has 2 aliphatic rings. The molecule has 0 aromatic heterocycles. The Balaban J connectivity index is 1.53. The number of nitro groups is 1. The van der Waals surface area contributed by atoms with E-state index in [1.165, 1.54) is 30.0 Å². The molecule has 2 aromatic carbocycles. The molecule has 2 atom stereocenters. The minimum Gasteiger partial charge on any atom is -0.477 e. The number of nitrogens with zero attached hydrogens (tertiary/aromatic N) is 2. The van der Waals surface area contributed by atoms with Gasteiger partial charge in [-0.25, -0.2) is 4.79 Å². The summed E-state index contributed by atoms with van der Waals surface area (Å²) in [6.07, 6.45) is 3.04. The molecule has 2 aliphatic heterocycles. The lowest BCUT2D eigenvalue weighted by Crippen LogP contribution is -2.70. The number of nitrogens with one attached hydrogen (secondary N) is 1. The zero-order chi connectivity index (χ0) is 25.1. The molecular weight excluding hydrogens is 494 g/mol. The number of nitro benzene ring substituents is 1. The monoisotopic (exact) mass is 513 g/mol. The number of aliphatic carboxylic acids is 1. The number of carboxylic acids is 1. The van der Waals surface area contributed by atoms with E-state index in [-0.39, 0.29) is 40.9 Å². The van der Waals surface area contributed by atoms with Crippen LogP contribution in [0, 0.1) is 10.1 Å². The van der Waals surface area contributed by atoms with Gasteiger partial charge in [0.2, 0.25) is 5.91 Å². The molecule has 0 aliphatic carbocycles. The molecule has 2 N–H and O–H groups in total. The summed E-state index contributed by atoms with van der Waals surface area (Å²) in [6.45, 7) is 0. The maximum atomic E-state index is 12.8. The van der Waals surface area contributed by atoms with Gasteiger partial charge in [0.15, 0.2) is 0 Å². The Kier molecular flexibility index (Phi) is 7.23. The van der Waals surface area contributed by atoms with Crippen molar-refractivity contribution in [2.45, 2.75) is 23.7 Å². The largest absolute Gasteiger partial charge is 0.477 e. The summed E-state index contributed by atoms with van der Waals surface area (Å²) < 4.78 is 0. The van der Waals surface area contributed by atoms with Crippen molar-refractivity contribution in [3.63, 3.8) is 0 Å². The molecule has 0 saturated carbocycles. The minimum atomic E-state index is -1.29. The van der Waals surface area contributed by atoms with Crippen LogP contribution in [0.4, 0.5) is 5.69 Å². The van der Waals surface area contributed by atoms with Crippen LogP contribution in [0.2, 0.25) is 0 Å². The first kappa shape index (κ1) is 24.5. The Hall–Kier alpha value is -3.63. The number of carbonyl (C=O) groups excluding carboxylic acids is 2. The molecule has 4 rings (SSSR count). The fourth-order valence-corrected chi connectivity index (χ4v) is 5.42. The van der Waals surface area contributed by atoms with Crippen LogP contribution >= 0.6 is 23.4 Å². The van der Waals surface area contributed by atoms with Gasteiger partial charge in [0.25, 0.3) is 11.6 Å². The van der Waals surface area contributed by atoms with Crippen molar-refractivity contribution in [3.05, 3.63) is 92.7 Å². The minimum absolute atomic E-state index is 0.110. The van der Waals surface area contributed by atoms with E-state index in [0.29, 0.717) is 11.1 Å². The lowest BCUT2D eigenvalue weighted by molar-refractivity contribution is -0.385. The van der Waals surface area contributed by atoms with E-state index in [0.717, 1.165) is 10.5 Å². The van der Waals surface area contributed by atoms with Crippen LogP contribution < -0.4 is 5.32 Å². The Labute approximate surface area is 209 Å². The number of halogens is 1. The average Bonchev–Trinajstić information content (AvgIpc) is 2.85. The van der Waals surface area contributed by atoms with E-state index in [1.807, 2.05) is 18.2 Å². The standard InChI is InChI=1S/C24H20ClN3O6S/c25-12-15-6-7-16(18(10-15)28(33)34)8-9-17-13-35-23-20(22(30)27(23)21(17)24(31)32)26-19(29)11-14-4-2-1-3-5-14/h1-10,20,23H,11-13H2,(H,26,29)(H,31,32)/t20?,23-/m1/s1. The summed E-state index contributed by atoms with van der Waals surface area (Å²) in [7, 11) is 0. The van der Waals surface area contributed by atoms with Gasteiger partial charge in [-0.05, 0) is 28.8 Å². The fraction of sp³-hybridized carbons (Fsp3) is 0.208. The van der Waals surface area contributed by atoms with Gasteiger partial charge in [-0.2, -0.15) is 0 Å². The number of fused-ring (bicyclic) bond motifs is 1. The van der Waals surface area contributed by atoms with E-state index in [4.69, 9.17) is 11.6 Å². The molecule has 0 bridgehead atoms. The van der Waals surface area contributed by atoms with Crippen LogP contribution in [0.25, 0.3) is 6.08 Å². The van der Waals surface area contributed by atoms with E-state index >= 15 is 0 Å². The zero-order valence-electron chi connectivity index (χ0n) is 18.2. The van der Waals surface area contributed by atoms with Crippen LogP contribution in [-0.2, 0) is 26.7 Å². The fourth-order valence-electron chi connectivity index (χ4n) is 3.94. The first-order valence-electron chi connectivity index (χ1n) is 10.6. The molecule has 0 spiro atoms. The van der Waals surface area contributed by atoms with Gasteiger partial charge in [-0.1, -0.05) is 42.5 Å². The Bertz CT molecular complexity index is 1260. The van der Waals surface area contributed by atoms with Gasteiger partial charge < -0.3 is 10.4 Å². The van der Waals surface area contributed by atoms with Crippen molar-refractivity contribution in [1.82, 2.24) is 10.2 Å². The summed E-state index contributed by atoms with van der Waals surface area (Å²) >= 11 is 7.08. The van der Waals surface area contributed by atoms with Crippen molar-refractivity contribution in [1.29, 1.82) is 0 Å². The molecule has 0 radical (unpaired) electrons. The molecule has 180 valence electrons. The Morgan fingerprint density at radius 3 is 2.60 bits per heavy atom. The van der Waals surface area contributed by atoms with Gasteiger partial charge in [-0.3, -0.25) is 24.6 Å². The van der Waals surface area contributed by atoms with Crippen molar-refractivity contribution in [2.75, 3.05) is 5.75 Å². The van der Waals surface area contributed by atoms with Crippen molar-refractivity contribution in [2.24, 2.45) is 0 Å². The lowest BCUT2D eigenvalue weighted by Gasteiger charge is -2.49. The summed E-state index contributed by atoms with van der Waals surface area (Å²) in [5.41, 5.74) is 1.68. The second-order valence-electron chi connectivity index (χ2n) is 7.91. The quantitative estimate of drug-likeness (QED) is 0.239. The van der Waals surface area contributed by atoms with E-state index < -0.39 is 28.2 Å². The van der Waals surface area contributed by atoms with Crippen molar-refractivity contribution >= 4 is 52.9 Å². The second kappa shape index (κ2) is 10.3. The number of benzene rings is 2. The normalized spacial score (nSPS) is 19.3. The molecule has 1 unspecified atom stereocenters. The molecule has 1 fully saturated rings. The summed E-state index contributed by atoms with van der Waals surface area (Å²) in [6, 6.07) is 12.8. The van der Waals surface area contributed by atoms with Crippen LogP contribution in [0.3, 0.4) is 0 Å². The molecule has 2 aromatic rings. The molecular formula is C24H20ClN3O6S. The maximum Gasteiger partial charge on any atom is 0.352 e. The van der Waals surface area contributed by atoms with Crippen LogP contribution in [0.15, 0.2) is 65.9 Å². The van der Waals surface area contributed by atoms with Crippen molar-refractivity contribution < 1.29 is 24.4 Å². The molecule has 1 saturated heterocycles. The summed E-state index contributed by atoms with van der Waals surface area (Å²) in [5.74, 6) is -1.74. The zero-order valence-corrected chi connectivity index (χ0v) is 19.8. The number of rotatable bonds is 8. The number of carbonyl (C=O) groups is 3. The molecule has 2 heterocycles. The number of alkyl halides is 1. The van der Waals surface area contributed by atoms with Crippen LogP contribution in [-0.4, -0.2) is 49.9 Å². The maximum absolute atomic E-state index is 12.8. The third kappa shape index (κ3) is 5.08. The van der Waals surface area contributed by atoms with Gasteiger partial charge in [0.1, 0.15) is 17.1 Å². The third-order valence-corrected chi connectivity index (χ3v) is 7.25. The van der Waals surface area contributed by atoms with Gasteiger partial charge in [0, 0.05) is 17.7 Å². The Morgan fingerprint density at radius 1 is 1.20 bits per heavy atom. The highest BCUT2D eigenvalue weighted by Crippen LogP contribution is 2.41. The van der Waals surface area contributed by atoms with Gasteiger partial charge in [0.05, 0.1) is 16.9 Å². The number of β-lactam (4-membered cyclic amide) rings is 1. The summed E-state index contributed by atoms with van der Waals surface area (Å²) in [5, 5.41) is 23.4. The smallest absolute Gasteiger partial charge is 0.352 e. The van der Waals surface area contributed by atoms with Crippen LogP contribution in [0.5, 0.6) is 0 Å². The number of allylic oxidation sites excluding steroid dienone is 1. The molecule has 9 nitrogen and oxygen atoms in total.